The predicted molar refractivity (Wildman–Crippen MR) is 105 cm³/mol. The SMILES string of the molecule is CNS(=O)(=O)c1ccc(/C(C)=N\NC(=O)CNc2ccccc2OC)cc1. The third-order valence-corrected chi connectivity index (χ3v) is 5.18. The van der Waals surface area contributed by atoms with Crippen LogP contribution in [-0.4, -0.2) is 40.7 Å². The molecule has 2 aromatic carbocycles. The molecule has 1 amide bonds. The van der Waals surface area contributed by atoms with Gasteiger partial charge in [0.05, 0.1) is 29.9 Å². The standard InChI is InChI=1S/C18H22N4O4S/c1-13(14-8-10-15(11-9-14)27(24,25)19-2)21-22-18(23)12-20-16-6-4-5-7-17(16)26-3/h4-11,19-20H,12H2,1-3H3,(H,22,23)/b21-13-. The molecule has 8 nitrogen and oxygen atoms in total. The fraction of sp³-hybridized carbons (Fsp3) is 0.222. The summed E-state index contributed by atoms with van der Waals surface area (Å²) in [5.41, 5.74) is 4.41. The molecular formula is C18H22N4O4S. The number of nitrogens with zero attached hydrogens (tertiary/aromatic N) is 1. The van der Waals surface area contributed by atoms with E-state index >= 15 is 0 Å². The van der Waals surface area contributed by atoms with Crippen molar-refractivity contribution in [1.29, 1.82) is 0 Å². The molecule has 2 rings (SSSR count). The normalized spacial score (nSPS) is 11.7. The van der Waals surface area contributed by atoms with Gasteiger partial charge in [0.1, 0.15) is 5.75 Å². The number of ether oxygens (including phenoxy) is 1. The molecule has 0 aliphatic heterocycles. The zero-order valence-electron chi connectivity index (χ0n) is 15.3. The van der Waals surface area contributed by atoms with E-state index < -0.39 is 10.0 Å². The van der Waals surface area contributed by atoms with Gasteiger partial charge in [-0.25, -0.2) is 18.6 Å². The highest BCUT2D eigenvalue weighted by Crippen LogP contribution is 2.22. The maximum Gasteiger partial charge on any atom is 0.259 e. The Bertz CT molecular complexity index is 925. The van der Waals surface area contributed by atoms with Gasteiger partial charge in [-0.2, -0.15) is 5.10 Å². The second-order valence-corrected chi connectivity index (χ2v) is 7.40. The van der Waals surface area contributed by atoms with Crippen molar-refractivity contribution in [3.63, 3.8) is 0 Å². The Morgan fingerprint density at radius 3 is 2.41 bits per heavy atom. The molecule has 0 atom stereocenters. The fourth-order valence-electron chi connectivity index (χ4n) is 2.21. The van der Waals surface area contributed by atoms with E-state index in [9.17, 15) is 13.2 Å². The van der Waals surface area contributed by atoms with Crippen molar-refractivity contribution < 1.29 is 17.9 Å². The highest BCUT2D eigenvalue weighted by molar-refractivity contribution is 7.89. The van der Waals surface area contributed by atoms with Crippen LogP contribution in [0.1, 0.15) is 12.5 Å². The molecule has 0 bridgehead atoms. The van der Waals surface area contributed by atoms with E-state index in [1.165, 1.54) is 19.2 Å². The quantitative estimate of drug-likeness (QED) is 0.468. The minimum atomic E-state index is -3.48. The average molecular weight is 390 g/mol. The average Bonchev–Trinajstić information content (AvgIpc) is 2.70. The summed E-state index contributed by atoms with van der Waals surface area (Å²) in [7, 11) is -0.575. The summed E-state index contributed by atoms with van der Waals surface area (Å²) in [5.74, 6) is 0.316. The lowest BCUT2D eigenvalue weighted by molar-refractivity contribution is -0.119. The molecular weight excluding hydrogens is 368 g/mol. The van der Waals surface area contributed by atoms with Crippen LogP contribution in [0, 0.1) is 0 Å². The molecule has 0 aliphatic rings. The molecule has 0 saturated carbocycles. The van der Waals surface area contributed by atoms with Gasteiger partial charge in [-0.05, 0) is 43.8 Å². The summed E-state index contributed by atoms with van der Waals surface area (Å²) in [6.07, 6.45) is 0. The first-order valence-corrected chi connectivity index (χ1v) is 9.59. The Hall–Kier alpha value is -2.91. The number of hydrogen-bond acceptors (Lipinski definition) is 6. The molecule has 0 radical (unpaired) electrons. The largest absolute Gasteiger partial charge is 0.495 e. The second kappa shape index (κ2) is 9.15. The Kier molecular flexibility index (Phi) is 6.91. The first-order chi connectivity index (χ1) is 12.9. The Labute approximate surface area is 158 Å². The number of para-hydroxylation sites is 2. The lowest BCUT2D eigenvalue weighted by Crippen LogP contribution is -2.26. The number of hydrazone groups is 1. The van der Waals surface area contributed by atoms with Gasteiger partial charge < -0.3 is 10.1 Å². The third kappa shape index (κ3) is 5.53. The number of hydrogen-bond donors (Lipinski definition) is 3. The first-order valence-electron chi connectivity index (χ1n) is 8.11. The molecule has 0 aliphatic carbocycles. The van der Waals surface area contributed by atoms with Crippen LogP contribution in [0.2, 0.25) is 0 Å². The van der Waals surface area contributed by atoms with Gasteiger partial charge in [-0.1, -0.05) is 24.3 Å². The lowest BCUT2D eigenvalue weighted by Gasteiger charge is -2.10. The van der Waals surface area contributed by atoms with Gasteiger partial charge in [0.25, 0.3) is 5.91 Å². The van der Waals surface area contributed by atoms with Gasteiger partial charge in [-0.3, -0.25) is 4.79 Å². The third-order valence-electron chi connectivity index (χ3n) is 3.75. The summed E-state index contributed by atoms with van der Waals surface area (Å²) in [6.45, 7) is 1.74. The van der Waals surface area contributed by atoms with E-state index in [0.717, 1.165) is 0 Å². The molecule has 0 aromatic heterocycles. The van der Waals surface area contributed by atoms with Crippen molar-refractivity contribution >= 4 is 27.3 Å². The van der Waals surface area contributed by atoms with Crippen molar-refractivity contribution in [1.82, 2.24) is 10.1 Å². The van der Waals surface area contributed by atoms with Crippen LogP contribution >= 0.6 is 0 Å². The van der Waals surface area contributed by atoms with Crippen molar-refractivity contribution in [3.8, 4) is 5.75 Å². The van der Waals surface area contributed by atoms with E-state index in [0.29, 0.717) is 22.7 Å². The van der Waals surface area contributed by atoms with Crippen LogP contribution < -0.4 is 20.2 Å². The van der Waals surface area contributed by atoms with E-state index in [2.05, 4.69) is 20.6 Å². The number of amides is 1. The highest BCUT2D eigenvalue weighted by atomic mass is 32.2. The number of nitrogens with one attached hydrogen (secondary N) is 3. The van der Waals surface area contributed by atoms with Crippen molar-refractivity contribution in [2.45, 2.75) is 11.8 Å². The Balaban J connectivity index is 1.95. The summed E-state index contributed by atoms with van der Waals surface area (Å²) < 4.78 is 30.9. The summed E-state index contributed by atoms with van der Waals surface area (Å²) in [5, 5.41) is 7.02. The molecule has 27 heavy (non-hydrogen) atoms. The van der Waals surface area contributed by atoms with Crippen molar-refractivity contribution in [3.05, 3.63) is 54.1 Å². The van der Waals surface area contributed by atoms with Crippen LogP contribution in [0.15, 0.2) is 58.5 Å². The molecule has 0 spiro atoms. The number of rotatable bonds is 8. The maximum atomic E-state index is 12.0. The molecule has 0 heterocycles. The van der Waals surface area contributed by atoms with Crippen LogP contribution in [-0.2, 0) is 14.8 Å². The zero-order valence-corrected chi connectivity index (χ0v) is 16.1. The van der Waals surface area contributed by atoms with E-state index in [1.807, 2.05) is 12.1 Å². The minimum Gasteiger partial charge on any atom is -0.495 e. The number of benzene rings is 2. The monoisotopic (exact) mass is 390 g/mol. The van der Waals surface area contributed by atoms with Gasteiger partial charge in [0, 0.05) is 0 Å². The number of carbonyl (C=O) groups is 1. The van der Waals surface area contributed by atoms with Gasteiger partial charge in [-0.15, -0.1) is 0 Å². The van der Waals surface area contributed by atoms with E-state index in [4.69, 9.17) is 4.74 Å². The molecule has 144 valence electrons. The maximum absolute atomic E-state index is 12.0. The fourth-order valence-corrected chi connectivity index (χ4v) is 2.94. The molecule has 0 fully saturated rings. The smallest absolute Gasteiger partial charge is 0.259 e. The van der Waals surface area contributed by atoms with Gasteiger partial charge >= 0.3 is 0 Å². The first kappa shape index (κ1) is 20.4. The highest BCUT2D eigenvalue weighted by Gasteiger charge is 2.11. The summed E-state index contributed by atoms with van der Waals surface area (Å²) in [4.78, 5) is 12.1. The topological polar surface area (TPSA) is 109 Å². The molecule has 9 heteroatoms. The van der Waals surface area contributed by atoms with Gasteiger partial charge in [0.2, 0.25) is 10.0 Å². The van der Waals surface area contributed by atoms with Crippen molar-refractivity contribution in [2.24, 2.45) is 5.10 Å². The minimum absolute atomic E-state index is 0.0243. The predicted octanol–water partition coefficient (Wildman–Crippen LogP) is 1.56. The summed E-state index contributed by atoms with van der Waals surface area (Å²) in [6, 6.07) is 13.5. The number of sulfonamides is 1. The van der Waals surface area contributed by atoms with Gasteiger partial charge in [0.15, 0.2) is 0 Å². The second-order valence-electron chi connectivity index (χ2n) is 5.52. The molecule has 2 aromatic rings. The Morgan fingerprint density at radius 1 is 1.11 bits per heavy atom. The number of carbonyl (C=O) groups excluding carboxylic acids is 1. The van der Waals surface area contributed by atoms with E-state index in [-0.39, 0.29) is 17.3 Å². The van der Waals surface area contributed by atoms with E-state index in [1.54, 1.807) is 38.3 Å². The lowest BCUT2D eigenvalue weighted by atomic mass is 10.1. The van der Waals surface area contributed by atoms with Crippen LogP contribution in [0.5, 0.6) is 5.75 Å². The van der Waals surface area contributed by atoms with Crippen LogP contribution in [0.25, 0.3) is 0 Å². The molecule has 0 saturated heterocycles. The van der Waals surface area contributed by atoms with Crippen LogP contribution in [0.4, 0.5) is 5.69 Å². The molecule has 0 unspecified atom stereocenters. The number of anilines is 1. The molecule has 3 N–H and O–H groups in total. The zero-order chi connectivity index (χ0) is 19.9. The number of methoxy groups -OCH3 is 1. The van der Waals surface area contributed by atoms with Crippen LogP contribution in [0.3, 0.4) is 0 Å². The Morgan fingerprint density at radius 2 is 1.78 bits per heavy atom. The van der Waals surface area contributed by atoms with Crippen molar-refractivity contribution in [2.75, 3.05) is 26.0 Å². The summed E-state index contributed by atoms with van der Waals surface area (Å²) >= 11 is 0.